The number of aromatic nitrogens is 1. The van der Waals surface area contributed by atoms with Crippen molar-refractivity contribution in [3.8, 4) is 5.75 Å². The molecule has 146 valence electrons. The highest BCUT2D eigenvalue weighted by atomic mass is 16.5. The van der Waals surface area contributed by atoms with Gasteiger partial charge in [0.2, 0.25) is 0 Å². The minimum Gasteiger partial charge on any atom is -0.496 e. The van der Waals surface area contributed by atoms with E-state index in [0.717, 1.165) is 74.3 Å². The third kappa shape index (κ3) is 6.14. The summed E-state index contributed by atoms with van der Waals surface area (Å²) in [6, 6.07) is 0. The molecule has 0 saturated carbocycles. The average Bonchev–Trinajstić information content (AvgIpc) is 3.15. The van der Waals surface area contributed by atoms with Crippen LogP contribution in [0.2, 0.25) is 0 Å². The van der Waals surface area contributed by atoms with Gasteiger partial charge in [0, 0.05) is 50.0 Å². The molecule has 1 aromatic heterocycles. The van der Waals surface area contributed by atoms with Crippen molar-refractivity contribution in [3.63, 3.8) is 0 Å². The molecule has 0 radical (unpaired) electrons. The maximum absolute atomic E-state index is 5.71. The van der Waals surface area contributed by atoms with E-state index in [2.05, 4.69) is 20.6 Å². The lowest BCUT2D eigenvalue weighted by Crippen LogP contribution is -2.38. The zero-order valence-corrected chi connectivity index (χ0v) is 16.4. The quantitative estimate of drug-likeness (QED) is 0.395. The number of nitrogens with one attached hydrogen (secondary N) is 2. The third-order valence-corrected chi connectivity index (χ3v) is 4.53. The monoisotopic (exact) mass is 364 g/mol. The summed E-state index contributed by atoms with van der Waals surface area (Å²) >= 11 is 0. The fourth-order valence-electron chi connectivity index (χ4n) is 2.98. The fourth-order valence-corrected chi connectivity index (χ4v) is 2.98. The highest BCUT2D eigenvalue weighted by molar-refractivity contribution is 5.79. The van der Waals surface area contributed by atoms with E-state index < -0.39 is 0 Å². The molecule has 1 aliphatic heterocycles. The molecule has 7 heteroatoms. The van der Waals surface area contributed by atoms with Gasteiger partial charge in [-0.2, -0.15) is 0 Å². The van der Waals surface area contributed by atoms with E-state index in [1.807, 2.05) is 20.0 Å². The van der Waals surface area contributed by atoms with Crippen LogP contribution in [0.25, 0.3) is 0 Å². The lowest BCUT2D eigenvalue weighted by atomic mass is 10.1. The van der Waals surface area contributed by atoms with Gasteiger partial charge in [-0.05, 0) is 26.7 Å². The number of guanidine groups is 1. The Labute approximate surface area is 156 Å². The first-order valence-corrected chi connectivity index (χ1v) is 9.24. The second-order valence-electron chi connectivity index (χ2n) is 6.56. The van der Waals surface area contributed by atoms with Crippen LogP contribution in [0.1, 0.15) is 29.7 Å². The van der Waals surface area contributed by atoms with Crippen molar-refractivity contribution in [2.45, 2.75) is 33.2 Å². The van der Waals surface area contributed by atoms with Crippen molar-refractivity contribution in [3.05, 3.63) is 23.0 Å². The largest absolute Gasteiger partial charge is 0.496 e. The molecule has 0 amide bonds. The topological polar surface area (TPSA) is 77.0 Å². The average molecular weight is 364 g/mol. The van der Waals surface area contributed by atoms with Crippen molar-refractivity contribution in [1.82, 2.24) is 15.6 Å². The summed E-state index contributed by atoms with van der Waals surface area (Å²) in [6.07, 6.45) is 3.89. The molecule has 1 unspecified atom stereocenters. The van der Waals surface area contributed by atoms with Gasteiger partial charge in [-0.25, -0.2) is 0 Å². The number of pyridine rings is 1. The SMILES string of the molecule is CN=C(NCCCOCC1CCOC1)NCc1ncc(C)c(OC)c1C. The number of methoxy groups -OCH3 is 1. The lowest BCUT2D eigenvalue weighted by Gasteiger charge is -2.15. The van der Waals surface area contributed by atoms with E-state index in [9.17, 15) is 0 Å². The number of nitrogens with zero attached hydrogens (tertiary/aromatic N) is 2. The summed E-state index contributed by atoms with van der Waals surface area (Å²) in [6.45, 7) is 8.69. The Hall–Kier alpha value is -1.86. The van der Waals surface area contributed by atoms with Gasteiger partial charge in [-0.15, -0.1) is 0 Å². The third-order valence-electron chi connectivity index (χ3n) is 4.53. The van der Waals surface area contributed by atoms with Crippen LogP contribution < -0.4 is 15.4 Å². The van der Waals surface area contributed by atoms with Crippen molar-refractivity contribution in [1.29, 1.82) is 0 Å². The Morgan fingerprint density at radius 3 is 2.92 bits per heavy atom. The van der Waals surface area contributed by atoms with Crippen molar-refractivity contribution < 1.29 is 14.2 Å². The van der Waals surface area contributed by atoms with Gasteiger partial charge in [0.15, 0.2) is 5.96 Å². The smallest absolute Gasteiger partial charge is 0.191 e. The molecule has 1 saturated heterocycles. The van der Waals surface area contributed by atoms with Gasteiger partial charge in [-0.1, -0.05) is 0 Å². The van der Waals surface area contributed by atoms with Crippen molar-refractivity contribution in [2.24, 2.45) is 10.9 Å². The van der Waals surface area contributed by atoms with E-state index >= 15 is 0 Å². The first-order valence-electron chi connectivity index (χ1n) is 9.24. The van der Waals surface area contributed by atoms with Crippen LogP contribution in [0, 0.1) is 19.8 Å². The molecule has 1 fully saturated rings. The Morgan fingerprint density at radius 2 is 2.23 bits per heavy atom. The zero-order valence-electron chi connectivity index (χ0n) is 16.4. The first kappa shape index (κ1) is 20.5. The van der Waals surface area contributed by atoms with E-state index in [0.29, 0.717) is 12.5 Å². The summed E-state index contributed by atoms with van der Waals surface area (Å²) in [5.74, 6) is 2.22. The molecule has 0 aromatic carbocycles. The Morgan fingerprint density at radius 1 is 1.38 bits per heavy atom. The van der Waals surface area contributed by atoms with Gasteiger partial charge in [-0.3, -0.25) is 9.98 Å². The molecule has 2 N–H and O–H groups in total. The zero-order chi connectivity index (χ0) is 18.8. The van der Waals surface area contributed by atoms with Gasteiger partial charge in [0.05, 0.1) is 32.6 Å². The lowest BCUT2D eigenvalue weighted by molar-refractivity contribution is 0.0888. The van der Waals surface area contributed by atoms with Gasteiger partial charge in [0.25, 0.3) is 0 Å². The molecule has 1 atom stereocenters. The summed E-state index contributed by atoms with van der Waals surface area (Å²) in [5.41, 5.74) is 3.05. The molecular weight excluding hydrogens is 332 g/mol. The number of hydrogen-bond acceptors (Lipinski definition) is 5. The van der Waals surface area contributed by atoms with Crippen LogP contribution in [0.5, 0.6) is 5.75 Å². The summed E-state index contributed by atoms with van der Waals surface area (Å²) in [5, 5.41) is 6.60. The van der Waals surface area contributed by atoms with Crippen molar-refractivity contribution in [2.75, 3.05) is 47.1 Å². The molecule has 0 spiro atoms. The minimum absolute atomic E-state index is 0.569. The predicted molar refractivity (Wildman–Crippen MR) is 103 cm³/mol. The van der Waals surface area contributed by atoms with Gasteiger partial charge >= 0.3 is 0 Å². The van der Waals surface area contributed by atoms with Crippen LogP contribution in [0.3, 0.4) is 0 Å². The van der Waals surface area contributed by atoms with Crippen molar-refractivity contribution >= 4 is 5.96 Å². The summed E-state index contributed by atoms with van der Waals surface area (Å²) < 4.78 is 16.5. The highest BCUT2D eigenvalue weighted by Gasteiger charge is 2.15. The normalized spacial score (nSPS) is 17.4. The molecule has 26 heavy (non-hydrogen) atoms. The standard InChI is InChI=1S/C19H32N4O3/c1-14-10-22-17(15(2)18(14)24-4)11-23-19(20-3)21-7-5-8-25-12-16-6-9-26-13-16/h10,16H,5-9,11-13H2,1-4H3,(H2,20,21,23). The predicted octanol–water partition coefficient (Wildman–Crippen LogP) is 1.82. The molecular formula is C19H32N4O3. The van der Waals surface area contributed by atoms with E-state index in [1.54, 1.807) is 14.2 Å². The Balaban J connectivity index is 1.66. The fraction of sp³-hybridized carbons (Fsp3) is 0.684. The van der Waals surface area contributed by atoms with Gasteiger partial charge < -0.3 is 24.8 Å². The summed E-state index contributed by atoms with van der Waals surface area (Å²) in [4.78, 5) is 8.75. The minimum atomic E-state index is 0.569. The maximum atomic E-state index is 5.71. The maximum Gasteiger partial charge on any atom is 0.191 e. The number of rotatable bonds is 9. The summed E-state index contributed by atoms with van der Waals surface area (Å²) in [7, 11) is 3.46. The van der Waals surface area contributed by atoms with Crippen LogP contribution in [0.4, 0.5) is 0 Å². The van der Waals surface area contributed by atoms with Crippen LogP contribution >= 0.6 is 0 Å². The van der Waals surface area contributed by atoms with Crippen LogP contribution in [-0.4, -0.2) is 58.1 Å². The number of hydrogen-bond donors (Lipinski definition) is 2. The molecule has 2 heterocycles. The molecule has 1 aromatic rings. The van der Waals surface area contributed by atoms with Crippen LogP contribution in [-0.2, 0) is 16.0 Å². The van der Waals surface area contributed by atoms with E-state index in [-0.39, 0.29) is 0 Å². The Kier molecular flexibility index (Phi) is 8.64. The molecule has 2 rings (SSSR count). The van der Waals surface area contributed by atoms with E-state index in [4.69, 9.17) is 14.2 Å². The highest BCUT2D eigenvalue weighted by Crippen LogP contribution is 2.23. The number of aryl methyl sites for hydroxylation is 1. The first-order chi connectivity index (χ1) is 12.7. The van der Waals surface area contributed by atoms with Gasteiger partial charge in [0.1, 0.15) is 5.75 Å². The number of aliphatic imine (C=N–C) groups is 1. The molecule has 7 nitrogen and oxygen atoms in total. The molecule has 1 aliphatic rings. The van der Waals surface area contributed by atoms with E-state index in [1.165, 1.54) is 0 Å². The second kappa shape index (κ2) is 11.0. The molecule has 0 aliphatic carbocycles. The van der Waals surface area contributed by atoms with Crippen LogP contribution in [0.15, 0.2) is 11.2 Å². The Bertz CT molecular complexity index is 586. The number of ether oxygens (including phenoxy) is 3. The second-order valence-corrected chi connectivity index (χ2v) is 6.56. The molecule has 0 bridgehead atoms.